The number of nitrogens with zero attached hydrogens (tertiary/aromatic N) is 1. The molecule has 2 heterocycles. The molecule has 0 amide bonds. The molecule has 0 saturated carbocycles. The second-order valence-corrected chi connectivity index (χ2v) is 5.72. The molecular formula is C18H24N2O2. The van der Waals surface area contributed by atoms with Gasteiger partial charge in [-0.25, -0.2) is 0 Å². The minimum absolute atomic E-state index is 0.210. The van der Waals surface area contributed by atoms with Crippen molar-refractivity contribution in [2.24, 2.45) is 0 Å². The molecule has 1 aliphatic rings. The van der Waals surface area contributed by atoms with E-state index in [9.17, 15) is 0 Å². The molecular weight excluding hydrogens is 276 g/mol. The molecule has 4 nitrogen and oxygen atoms in total. The van der Waals surface area contributed by atoms with E-state index in [4.69, 9.17) is 9.15 Å². The topological polar surface area (TPSA) is 37.6 Å². The third kappa shape index (κ3) is 3.77. The van der Waals surface area contributed by atoms with Gasteiger partial charge < -0.3 is 14.5 Å². The van der Waals surface area contributed by atoms with Crippen LogP contribution >= 0.6 is 0 Å². The van der Waals surface area contributed by atoms with Crippen molar-refractivity contribution in [2.75, 3.05) is 32.8 Å². The van der Waals surface area contributed by atoms with Gasteiger partial charge in [-0.3, -0.25) is 4.90 Å². The molecule has 0 aliphatic carbocycles. The van der Waals surface area contributed by atoms with Crippen LogP contribution in [0.2, 0.25) is 0 Å². The van der Waals surface area contributed by atoms with Crippen LogP contribution in [-0.4, -0.2) is 37.7 Å². The smallest absolute Gasteiger partial charge is 0.120 e. The van der Waals surface area contributed by atoms with Gasteiger partial charge in [-0.2, -0.15) is 0 Å². The fourth-order valence-corrected chi connectivity index (χ4v) is 2.95. The minimum atomic E-state index is 0.210. The number of hydrogen-bond donors (Lipinski definition) is 1. The van der Waals surface area contributed by atoms with Crippen molar-refractivity contribution in [2.45, 2.75) is 19.0 Å². The summed E-state index contributed by atoms with van der Waals surface area (Å²) in [6.45, 7) is 6.63. The molecule has 1 saturated heterocycles. The second-order valence-electron chi connectivity index (χ2n) is 5.72. The van der Waals surface area contributed by atoms with Gasteiger partial charge in [0, 0.05) is 25.7 Å². The first-order valence-electron chi connectivity index (χ1n) is 7.98. The summed E-state index contributed by atoms with van der Waals surface area (Å²) in [5.74, 6) is 0.980. The second kappa shape index (κ2) is 7.58. The fourth-order valence-electron chi connectivity index (χ4n) is 2.95. The highest BCUT2D eigenvalue weighted by molar-refractivity contribution is 5.20. The summed E-state index contributed by atoms with van der Waals surface area (Å²) in [7, 11) is 0. The van der Waals surface area contributed by atoms with Gasteiger partial charge >= 0.3 is 0 Å². The van der Waals surface area contributed by atoms with Gasteiger partial charge in [0.25, 0.3) is 0 Å². The molecule has 118 valence electrons. The molecule has 0 radical (unpaired) electrons. The number of ether oxygens (including phenoxy) is 1. The fraction of sp³-hybridized carbons (Fsp3) is 0.444. The molecule has 2 aromatic rings. The van der Waals surface area contributed by atoms with Gasteiger partial charge in [0.2, 0.25) is 0 Å². The lowest BCUT2D eigenvalue weighted by Gasteiger charge is -2.35. The van der Waals surface area contributed by atoms with Crippen LogP contribution in [0.3, 0.4) is 0 Å². The third-order valence-electron chi connectivity index (χ3n) is 4.26. The average molecular weight is 300 g/mol. The van der Waals surface area contributed by atoms with Crippen LogP contribution in [0.1, 0.15) is 30.3 Å². The van der Waals surface area contributed by atoms with Crippen LogP contribution in [0.4, 0.5) is 0 Å². The predicted molar refractivity (Wildman–Crippen MR) is 86.7 cm³/mol. The molecule has 22 heavy (non-hydrogen) atoms. The van der Waals surface area contributed by atoms with Crippen molar-refractivity contribution >= 4 is 0 Å². The Bertz CT molecular complexity index is 535. The Morgan fingerprint density at radius 3 is 2.55 bits per heavy atom. The lowest BCUT2D eigenvalue weighted by molar-refractivity contribution is 0.0156. The van der Waals surface area contributed by atoms with E-state index >= 15 is 0 Å². The van der Waals surface area contributed by atoms with Crippen molar-refractivity contribution in [3.05, 3.63) is 60.1 Å². The van der Waals surface area contributed by atoms with Gasteiger partial charge in [-0.05, 0) is 24.6 Å². The Hall–Kier alpha value is -1.62. The maximum absolute atomic E-state index is 5.49. The van der Waals surface area contributed by atoms with Crippen LogP contribution in [0.25, 0.3) is 0 Å². The number of furan rings is 1. The summed E-state index contributed by atoms with van der Waals surface area (Å²) in [6, 6.07) is 15.2. The van der Waals surface area contributed by atoms with Gasteiger partial charge in [0.15, 0.2) is 0 Å². The quantitative estimate of drug-likeness (QED) is 0.890. The van der Waals surface area contributed by atoms with Crippen LogP contribution in [0.5, 0.6) is 0 Å². The monoisotopic (exact) mass is 300 g/mol. The van der Waals surface area contributed by atoms with Gasteiger partial charge in [0.05, 0.1) is 25.5 Å². The number of nitrogens with one attached hydrogen (secondary N) is 1. The lowest BCUT2D eigenvalue weighted by Crippen LogP contribution is -2.43. The molecule has 1 aromatic heterocycles. The van der Waals surface area contributed by atoms with Crippen molar-refractivity contribution < 1.29 is 9.15 Å². The zero-order valence-electron chi connectivity index (χ0n) is 13.1. The van der Waals surface area contributed by atoms with Gasteiger partial charge in [-0.15, -0.1) is 0 Å². The maximum Gasteiger partial charge on any atom is 0.120 e. The van der Waals surface area contributed by atoms with Crippen molar-refractivity contribution in [3.8, 4) is 0 Å². The van der Waals surface area contributed by atoms with Gasteiger partial charge in [-0.1, -0.05) is 30.3 Å². The lowest BCUT2D eigenvalue weighted by atomic mass is 10.0. The Balaban J connectivity index is 1.68. The minimum Gasteiger partial charge on any atom is -0.468 e. The van der Waals surface area contributed by atoms with Crippen molar-refractivity contribution in [1.29, 1.82) is 0 Å². The van der Waals surface area contributed by atoms with E-state index in [0.717, 1.165) is 38.6 Å². The molecule has 0 spiro atoms. The largest absolute Gasteiger partial charge is 0.468 e. The normalized spacial score (nSPS) is 19.0. The molecule has 4 heteroatoms. The van der Waals surface area contributed by atoms with Gasteiger partial charge in [0.1, 0.15) is 5.76 Å². The average Bonchev–Trinajstić information content (AvgIpc) is 3.11. The summed E-state index contributed by atoms with van der Waals surface area (Å²) < 4.78 is 11.0. The maximum atomic E-state index is 5.49. The molecule has 1 aromatic carbocycles. The van der Waals surface area contributed by atoms with Crippen LogP contribution < -0.4 is 5.32 Å². The van der Waals surface area contributed by atoms with E-state index < -0.39 is 0 Å². The van der Waals surface area contributed by atoms with E-state index in [1.807, 2.05) is 12.1 Å². The number of hydrogen-bond acceptors (Lipinski definition) is 4. The first-order valence-corrected chi connectivity index (χ1v) is 7.98. The van der Waals surface area contributed by atoms with E-state index in [1.54, 1.807) is 6.26 Å². The molecule has 0 unspecified atom stereocenters. The van der Waals surface area contributed by atoms with E-state index in [-0.39, 0.29) is 6.04 Å². The van der Waals surface area contributed by atoms with Crippen LogP contribution in [0, 0.1) is 0 Å². The molecule has 1 fully saturated rings. The molecule has 1 N–H and O–H groups in total. The number of rotatable bonds is 6. The summed E-state index contributed by atoms with van der Waals surface area (Å²) >= 11 is 0. The highest BCUT2D eigenvalue weighted by atomic mass is 16.5. The summed E-state index contributed by atoms with van der Waals surface area (Å²) in [5.41, 5.74) is 1.35. The van der Waals surface area contributed by atoms with E-state index in [0.29, 0.717) is 6.04 Å². The van der Waals surface area contributed by atoms with Crippen molar-refractivity contribution in [3.63, 3.8) is 0 Å². The summed E-state index contributed by atoms with van der Waals surface area (Å²) in [4.78, 5) is 2.50. The zero-order valence-corrected chi connectivity index (χ0v) is 13.1. The molecule has 1 aliphatic heterocycles. The van der Waals surface area contributed by atoms with Crippen LogP contribution in [0.15, 0.2) is 53.1 Å². The molecule has 2 atom stereocenters. The first-order chi connectivity index (χ1) is 10.8. The Labute approximate surface area is 132 Å². The Morgan fingerprint density at radius 2 is 1.86 bits per heavy atom. The highest BCUT2D eigenvalue weighted by Crippen LogP contribution is 2.22. The summed E-state index contributed by atoms with van der Waals surface area (Å²) in [6.07, 6.45) is 1.73. The summed E-state index contributed by atoms with van der Waals surface area (Å²) in [5, 5.41) is 3.60. The first kappa shape index (κ1) is 15.3. The Kier molecular flexibility index (Phi) is 5.27. The molecule has 0 bridgehead atoms. The van der Waals surface area contributed by atoms with E-state index in [1.165, 1.54) is 5.56 Å². The zero-order chi connectivity index (χ0) is 15.2. The standard InChI is InChI=1S/C18H24N2O2/c1-15(18-8-5-11-22-18)19-14-17(16-6-3-2-4-7-16)20-9-12-21-13-10-20/h2-8,11,15,17,19H,9-10,12-14H2,1H3/t15-,17+/m1/s1. The third-order valence-corrected chi connectivity index (χ3v) is 4.26. The van der Waals surface area contributed by atoms with Crippen LogP contribution in [-0.2, 0) is 4.74 Å². The number of morpholine rings is 1. The van der Waals surface area contributed by atoms with Crippen molar-refractivity contribution in [1.82, 2.24) is 10.2 Å². The molecule has 3 rings (SSSR count). The SMILES string of the molecule is C[C@@H](NC[C@@H](c1ccccc1)N1CCOCC1)c1ccco1. The van der Waals surface area contributed by atoms with E-state index in [2.05, 4.69) is 47.5 Å². The Morgan fingerprint density at radius 1 is 1.09 bits per heavy atom. The predicted octanol–water partition coefficient (Wildman–Crippen LogP) is 3.00. The highest BCUT2D eigenvalue weighted by Gasteiger charge is 2.23. The number of benzene rings is 1.